The van der Waals surface area contributed by atoms with Gasteiger partial charge in [-0.3, -0.25) is 19.2 Å². The number of carbonyl (C=O) groups excluding carboxylic acids is 2. The Hall–Kier alpha value is -8.58. The number of rotatable bonds is 21. The van der Waals surface area contributed by atoms with Gasteiger partial charge in [-0.05, 0) is 93.6 Å². The van der Waals surface area contributed by atoms with E-state index in [4.69, 9.17) is 30.8 Å². The molecule has 6 heterocycles. The van der Waals surface area contributed by atoms with Crippen LogP contribution in [0.15, 0.2) is 76.2 Å². The molecule has 75 heavy (non-hydrogen) atoms. The van der Waals surface area contributed by atoms with Crippen molar-refractivity contribution >= 4 is 58.3 Å². The normalized spacial score (nSPS) is 14.4. The quantitative estimate of drug-likeness (QED) is 0.0445. The van der Waals surface area contributed by atoms with Crippen molar-refractivity contribution in [3.63, 3.8) is 0 Å². The molecular weight excluding hydrogens is 969 g/mol. The average molecular weight is 1030 g/mol. The Kier molecular flexibility index (Phi) is 15.8. The van der Waals surface area contributed by atoms with Crippen molar-refractivity contribution in [2.75, 3.05) is 80.6 Å². The molecule has 3 aliphatic heterocycles. The van der Waals surface area contributed by atoms with Crippen LogP contribution >= 0.6 is 0 Å². The summed E-state index contributed by atoms with van der Waals surface area (Å²) in [5, 5.41) is 50.7. The van der Waals surface area contributed by atoms with E-state index in [9.17, 15) is 39.3 Å². The highest BCUT2D eigenvalue weighted by atomic mass is 16.4. The number of unbranched alkanes of at least 4 members (excludes halogenated alkanes) is 2. The molecule has 2 saturated heterocycles. The lowest BCUT2D eigenvalue weighted by Gasteiger charge is -2.37. The number of carbonyl (C=O) groups is 4. The zero-order chi connectivity index (χ0) is 52.6. The van der Waals surface area contributed by atoms with Crippen LogP contribution in [0.2, 0.25) is 0 Å². The molecule has 0 unspecified atom stereocenters. The van der Waals surface area contributed by atoms with Crippen molar-refractivity contribution in [1.82, 2.24) is 54.7 Å². The van der Waals surface area contributed by atoms with Crippen molar-refractivity contribution < 1.29 is 38.9 Å². The van der Waals surface area contributed by atoms with Crippen LogP contribution in [0.25, 0.3) is 33.4 Å². The van der Waals surface area contributed by atoms with E-state index in [0.717, 1.165) is 25.0 Å². The van der Waals surface area contributed by atoms with Gasteiger partial charge in [-0.25, -0.2) is 14.2 Å². The van der Waals surface area contributed by atoms with Gasteiger partial charge in [-0.2, -0.15) is 15.0 Å². The van der Waals surface area contributed by atoms with Crippen LogP contribution in [0.1, 0.15) is 66.3 Å². The van der Waals surface area contributed by atoms with E-state index >= 15 is 0 Å². The van der Waals surface area contributed by atoms with Gasteiger partial charge < -0.3 is 56.1 Å². The largest absolute Gasteiger partial charge is 0.508 e. The van der Waals surface area contributed by atoms with Gasteiger partial charge in [0.2, 0.25) is 29.7 Å². The van der Waals surface area contributed by atoms with Gasteiger partial charge in [0.05, 0.1) is 23.4 Å². The van der Waals surface area contributed by atoms with Crippen molar-refractivity contribution in [2.24, 2.45) is 11.5 Å². The first-order valence-corrected chi connectivity index (χ1v) is 24.9. The smallest absolute Gasteiger partial charge is 0.336 e. The van der Waals surface area contributed by atoms with Gasteiger partial charge in [-0.1, -0.05) is 16.5 Å². The first-order valence-electron chi connectivity index (χ1n) is 24.9. The van der Waals surface area contributed by atoms with Crippen LogP contribution in [0.3, 0.4) is 0 Å². The summed E-state index contributed by atoms with van der Waals surface area (Å²) in [5.41, 5.74) is 14.2. The van der Waals surface area contributed by atoms with Gasteiger partial charge >= 0.3 is 11.9 Å². The summed E-state index contributed by atoms with van der Waals surface area (Å²) in [5.74, 6) is -1.57. The van der Waals surface area contributed by atoms with E-state index < -0.39 is 18.0 Å². The summed E-state index contributed by atoms with van der Waals surface area (Å²) >= 11 is 0. The number of nitrogens with zero attached hydrogens (tertiary/aromatic N) is 13. The van der Waals surface area contributed by atoms with Crippen LogP contribution in [-0.2, 0) is 33.8 Å². The molecule has 392 valence electrons. The highest BCUT2D eigenvalue weighted by Gasteiger charge is 2.32. The van der Waals surface area contributed by atoms with Crippen LogP contribution in [0, 0.1) is 0 Å². The van der Waals surface area contributed by atoms with Crippen molar-refractivity contribution in [2.45, 2.75) is 64.0 Å². The summed E-state index contributed by atoms with van der Waals surface area (Å²) in [6.45, 7) is 3.93. The first kappa shape index (κ1) is 51.3. The van der Waals surface area contributed by atoms with Crippen molar-refractivity contribution in [3.05, 3.63) is 94.2 Å². The van der Waals surface area contributed by atoms with Gasteiger partial charge in [-0.15, -0.1) is 10.2 Å². The number of nitrogens with one attached hydrogen (secondary N) is 1. The van der Waals surface area contributed by atoms with Crippen LogP contribution in [0.5, 0.6) is 5.75 Å². The molecule has 1 atom stereocenters. The molecule has 8 N–H and O–H groups in total. The number of carboxylic acids is 2. The SMILES string of the molecule is NCCCCc1cn(CC(=O)N2CCN(c3nc(Nc4ccc(-c5c6ccc(=O)cc-6oc6cc(O)ccc56)c(C(=O)O)c4)nc(N4CCN(C(=O)[C@H](CCCCN)n5cc(CCC(=O)O)nn5)CC4)n3)CC2)nn1. The maximum atomic E-state index is 14.2. The fraction of sp³-hybridized carbons (Fsp3) is 0.400. The molecular formula is C50H58N16O9. The molecule has 1 aliphatic carbocycles. The van der Waals surface area contributed by atoms with E-state index in [1.807, 2.05) is 9.80 Å². The zero-order valence-corrected chi connectivity index (χ0v) is 41.1. The number of aromatic hydroxyl groups is 1. The van der Waals surface area contributed by atoms with Gasteiger partial charge in [0.15, 0.2) is 5.43 Å². The number of phenolic OH excluding ortho intramolecular Hbond substituents is 1. The molecule has 0 saturated carbocycles. The molecule has 25 heteroatoms. The topological polar surface area (TPSA) is 336 Å². The Balaban J connectivity index is 0.975. The third-order valence-electron chi connectivity index (χ3n) is 13.3. The summed E-state index contributed by atoms with van der Waals surface area (Å²) in [7, 11) is 0. The minimum absolute atomic E-state index is 0.0390. The summed E-state index contributed by atoms with van der Waals surface area (Å²) in [4.78, 5) is 86.5. The lowest BCUT2D eigenvalue weighted by Crippen LogP contribution is -2.51. The van der Waals surface area contributed by atoms with Crippen molar-refractivity contribution in [3.8, 4) is 28.2 Å². The standard InChI is InChI=1S/C50H58N16O9/c51-15-3-1-5-32-28-65(59-57-32)30-43(69)61-17-21-63(22-18-61)49-54-48(53-31-7-11-36(39(25-31)47(73)74)45-37-12-9-34(67)26-41(37)75-42-27-35(68)10-13-38(42)45)55-50(56-49)64-23-19-62(20-24-64)46(72)40(6-2-4-16-52)66-29-33(58-60-66)8-14-44(70)71/h7,9-13,25-29,40,67H,1-6,8,14-24,30,51-52H2,(H,70,71)(H,73,74)(H,53,54,55,56)/t40-/m0/s1. The molecule has 0 radical (unpaired) electrons. The minimum atomic E-state index is -1.23. The fourth-order valence-corrected chi connectivity index (χ4v) is 9.37. The van der Waals surface area contributed by atoms with Crippen LogP contribution in [0.4, 0.5) is 23.5 Å². The number of anilines is 4. The van der Waals surface area contributed by atoms with E-state index in [1.165, 1.54) is 35.0 Å². The number of aliphatic carboxylic acids is 1. The van der Waals surface area contributed by atoms with E-state index in [1.54, 1.807) is 51.1 Å². The Morgan fingerprint density at radius 2 is 1.40 bits per heavy atom. The maximum absolute atomic E-state index is 14.2. The molecule has 2 aromatic carbocycles. The first-order chi connectivity index (χ1) is 36.3. The predicted octanol–water partition coefficient (Wildman–Crippen LogP) is 2.75. The fourth-order valence-electron chi connectivity index (χ4n) is 9.37. The number of nitrogens with two attached hydrogens (primary N) is 2. The highest BCUT2D eigenvalue weighted by Crippen LogP contribution is 2.42. The number of aryl methyl sites for hydroxylation is 2. The predicted molar refractivity (Wildman–Crippen MR) is 274 cm³/mol. The molecule has 4 aliphatic rings. The molecule has 2 amide bonds. The summed E-state index contributed by atoms with van der Waals surface area (Å²) in [6, 6.07) is 12.9. The highest BCUT2D eigenvalue weighted by molar-refractivity contribution is 6.08. The molecule has 2 fully saturated rings. The third-order valence-corrected chi connectivity index (χ3v) is 13.3. The second kappa shape index (κ2) is 23.1. The Morgan fingerprint density at radius 1 is 0.720 bits per heavy atom. The lowest BCUT2D eigenvalue weighted by atomic mass is 9.90. The third kappa shape index (κ3) is 12.1. The number of amides is 2. The number of piperazine rings is 2. The molecule has 25 nitrogen and oxygen atoms in total. The Morgan fingerprint density at radius 3 is 2.11 bits per heavy atom. The van der Waals surface area contributed by atoms with Crippen LogP contribution in [-0.4, -0.2) is 159 Å². The molecule has 9 rings (SSSR count). The number of phenols is 1. The number of aromatic carboxylic acids is 1. The number of hydrogen-bond donors (Lipinski definition) is 6. The van der Waals surface area contributed by atoms with E-state index in [0.29, 0.717) is 130 Å². The minimum Gasteiger partial charge on any atom is -0.508 e. The maximum Gasteiger partial charge on any atom is 0.336 e. The van der Waals surface area contributed by atoms with Gasteiger partial charge in [0.25, 0.3) is 0 Å². The summed E-state index contributed by atoms with van der Waals surface area (Å²) < 4.78 is 9.07. The molecule has 5 aromatic rings. The number of carboxylic acid groups (broad SMARTS) is 2. The number of aromatic nitrogens is 9. The second-order valence-corrected chi connectivity index (χ2v) is 18.5. The average Bonchev–Trinajstić information content (AvgIpc) is 4.08. The molecule has 3 aromatic heterocycles. The Labute approximate surface area is 429 Å². The number of fused-ring (bicyclic) bond motifs is 2. The summed E-state index contributed by atoms with van der Waals surface area (Å²) in [6.07, 6.45) is 7.81. The monoisotopic (exact) mass is 1030 g/mol. The molecule has 0 spiro atoms. The number of hydrogen-bond acceptors (Lipinski definition) is 19. The Bertz CT molecular complexity index is 3220. The van der Waals surface area contributed by atoms with Crippen LogP contribution < -0.4 is 32.0 Å². The number of benzene rings is 3. The molecule has 0 bridgehead atoms. The van der Waals surface area contributed by atoms with E-state index in [-0.39, 0.29) is 65.2 Å². The zero-order valence-electron chi connectivity index (χ0n) is 41.1. The van der Waals surface area contributed by atoms with Gasteiger partial charge in [0, 0.05) is 106 Å². The van der Waals surface area contributed by atoms with Gasteiger partial charge in [0.1, 0.15) is 29.7 Å². The van der Waals surface area contributed by atoms with E-state index in [2.05, 4.69) is 25.9 Å². The van der Waals surface area contributed by atoms with Crippen molar-refractivity contribution in [1.29, 1.82) is 0 Å². The second-order valence-electron chi connectivity index (χ2n) is 18.5. The lowest BCUT2D eigenvalue weighted by molar-refractivity contribution is -0.137.